The molecule has 0 unspecified atom stereocenters. The van der Waals surface area contributed by atoms with E-state index in [9.17, 15) is 0 Å². The summed E-state index contributed by atoms with van der Waals surface area (Å²) >= 11 is 0. The number of pyridine rings is 2. The summed E-state index contributed by atoms with van der Waals surface area (Å²) in [6.07, 6.45) is 6.40. The van der Waals surface area contributed by atoms with Crippen LogP contribution in [0.4, 0.5) is 11.5 Å². The number of rotatable bonds is 3. The summed E-state index contributed by atoms with van der Waals surface area (Å²) in [7, 11) is 1.57. The molecule has 0 saturated carbocycles. The highest BCUT2D eigenvalue weighted by Crippen LogP contribution is 2.40. The Balaban J connectivity index is 1.60. The van der Waals surface area contributed by atoms with E-state index < -0.39 is 0 Å². The van der Waals surface area contributed by atoms with Crippen molar-refractivity contribution in [3.05, 3.63) is 60.1 Å². The fraction of sp³-hybridized carbons (Fsp3) is 0.208. The van der Waals surface area contributed by atoms with Crippen molar-refractivity contribution in [1.82, 2.24) is 29.7 Å². The molecule has 1 aromatic carbocycles. The molecule has 3 aliphatic rings. The minimum absolute atomic E-state index is 0.370. The van der Waals surface area contributed by atoms with Crippen molar-refractivity contribution in [1.29, 1.82) is 0 Å². The summed E-state index contributed by atoms with van der Waals surface area (Å²) in [6.45, 7) is 3.90. The molecule has 2 aromatic heterocycles. The van der Waals surface area contributed by atoms with E-state index in [1.165, 1.54) is 5.56 Å². The number of ether oxygens (including phenoxy) is 1. The number of fused-ring (bicyclic) bond motifs is 4. The summed E-state index contributed by atoms with van der Waals surface area (Å²) in [5.41, 5.74) is 6.40. The van der Waals surface area contributed by atoms with Crippen LogP contribution in [-0.2, 0) is 6.54 Å². The van der Waals surface area contributed by atoms with Crippen LogP contribution < -0.4 is 15.7 Å². The summed E-state index contributed by atoms with van der Waals surface area (Å²) < 4.78 is 7.55. The molecule has 0 bridgehead atoms. The van der Waals surface area contributed by atoms with E-state index in [0.717, 1.165) is 58.7 Å². The zero-order valence-corrected chi connectivity index (χ0v) is 18.3. The molecule has 0 saturated heterocycles. The van der Waals surface area contributed by atoms with Crippen LogP contribution in [0.5, 0.6) is 5.88 Å². The fourth-order valence-corrected chi connectivity index (χ4v) is 4.48. The largest absolute Gasteiger partial charge is 0.479 e. The van der Waals surface area contributed by atoms with Gasteiger partial charge in [-0.3, -0.25) is 5.10 Å². The molecule has 0 radical (unpaired) electrons. The van der Waals surface area contributed by atoms with Crippen molar-refractivity contribution in [3.8, 4) is 28.4 Å². The Morgan fingerprint density at radius 2 is 2.09 bits per heavy atom. The second-order valence-corrected chi connectivity index (χ2v) is 8.02. The molecule has 0 atom stereocenters. The fourth-order valence-electron chi connectivity index (χ4n) is 4.48. The number of methoxy groups -OCH3 is 1. The Kier molecular flexibility index (Phi) is 4.53. The molecule has 0 spiro atoms. The third-order valence-electron chi connectivity index (χ3n) is 5.98. The molecule has 33 heavy (non-hydrogen) atoms. The second-order valence-electron chi connectivity index (χ2n) is 8.02. The van der Waals surface area contributed by atoms with E-state index >= 15 is 0 Å². The third kappa shape index (κ3) is 3.20. The van der Waals surface area contributed by atoms with Crippen molar-refractivity contribution >= 4 is 22.4 Å². The van der Waals surface area contributed by atoms with E-state index in [4.69, 9.17) is 9.72 Å². The Labute approximate surface area is 189 Å². The van der Waals surface area contributed by atoms with Crippen LogP contribution in [0.3, 0.4) is 0 Å². The van der Waals surface area contributed by atoms with Gasteiger partial charge in [0.05, 0.1) is 18.8 Å². The maximum absolute atomic E-state index is 5.32. The van der Waals surface area contributed by atoms with E-state index in [2.05, 4.69) is 60.2 Å². The number of aryl methyl sites for hydroxylation is 1. The molecule has 6 rings (SSSR count). The topological polar surface area (TPSA) is 106 Å². The summed E-state index contributed by atoms with van der Waals surface area (Å²) in [5, 5.41) is 12.1. The van der Waals surface area contributed by atoms with Gasteiger partial charge in [-0.05, 0) is 48.7 Å². The van der Waals surface area contributed by atoms with Gasteiger partial charge in [0.15, 0.2) is 0 Å². The lowest BCUT2D eigenvalue weighted by Gasteiger charge is -2.28. The molecule has 5 heterocycles. The lowest BCUT2D eigenvalue weighted by Crippen LogP contribution is -2.25. The van der Waals surface area contributed by atoms with E-state index in [1.54, 1.807) is 13.3 Å². The molecule has 0 amide bonds. The first-order valence-electron chi connectivity index (χ1n) is 10.8. The highest BCUT2D eigenvalue weighted by Gasteiger charge is 2.23. The van der Waals surface area contributed by atoms with E-state index in [0.29, 0.717) is 17.2 Å². The van der Waals surface area contributed by atoms with Gasteiger partial charge in [0.1, 0.15) is 17.3 Å². The number of H-pyrrole nitrogens is 1. The van der Waals surface area contributed by atoms with Gasteiger partial charge >= 0.3 is 0 Å². The number of benzene rings is 1. The first kappa shape index (κ1) is 19.4. The normalized spacial score (nSPS) is 13.8. The number of nitrogens with one attached hydrogen (secondary N) is 2. The Hall–Kier alpha value is -4.27. The van der Waals surface area contributed by atoms with E-state index in [1.807, 2.05) is 24.5 Å². The predicted octanol–water partition coefficient (Wildman–Crippen LogP) is 3.69. The second kappa shape index (κ2) is 7.70. The smallest absolute Gasteiger partial charge is 0.252 e. The molecular formula is C24H22N8O. The molecular weight excluding hydrogens is 416 g/mol. The number of nitrogens with zero attached hydrogens (tertiary/aromatic N) is 6. The molecule has 0 aliphatic carbocycles. The minimum Gasteiger partial charge on any atom is -0.479 e. The average Bonchev–Trinajstić information content (AvgIpc) is 3.33. The van der Waals surface area contributed by atoms with Crippen molar-refractivity contribution in [3.63, 3.8) is 0 Å². The lowest BCUT2D eigenvalue weighted by molar-refractivity contribution is 0.399. The number of hydrogen-bond donors (Lipinski definition) is 2. The van der Waals surface area contributed by atoms with Gasteiger partial charge in [-0.1, -0.05) is 6.07 Å². The highest BCUT2D eigenvalue weighted by atomic mass is 16.5. The lowest BCUT2D eigenvalue weighted by atomic mass is 9.95. The van der Waals surface area contributed by atoms with Crippen LogP contribution >= 0.6 is 0 Å². The third-order valence-corrected chi connectivity index (χ3v) is 5.98. The van der Waals surface area contributed by atoms with Crippen molar-refractivity contribution in [2.45, 2.75) is 19.9 Å². The highest BCUT2D eigenvalue weighted by molar-refractivity contribution is 6.00. The van der Waals surface area contributed by atoms with Gasteiger partial charge in [-0.25, -0.2) is 15.0 Å². The Morgan fingerprint density at radius 1 is 1.15 bits per heavy atom. The average molecular weight is 438 g/mol. The molecule has 0 fully saturated rings. The molecule has 3 aromatic rings. The van der Waals surface area contributed by atoms with Crippen molar-refractivity contribution < 1.29 is 4.74 Å². The number of aromatic amines is 1. The van der Waals surface area contributed by atoms with Crippen LogP contribution in [0.1, 0.15) is 12.0 Å². The molecule has 3 aliphatic heterocycles. The quantitative estimate of drug-likeness (QED) is 0.445. The maximum atomic E-state index is 5.32. The van der Waals surface area contributed by atoms with Crippen LogP contribution in [0, 0.1) is 6.92 Å². The summed E-state index contributed by atoms with van der Waals surface area (Å²) in [5.74, 6) is 2.33. The Bertz CT molecular complexity index is 1530. The molecule has 9 nitrogen and oxygen atoms in total. The van der Waals surface area contributed by atoms with Crippen molar-refractivity contribution in [2.75, 3.05) is 19.0 Å². The van der Waals surface area contributed by atoms with Gasteiger partial charge in [-0.2, -0.15) is 10.1 Å². The number of aromatic nitrogens is 6. The van der Waals surface area contributed by atoms with Gasteiger partial charge < -0.3 is 14.6 Å². The Morgan fingerprint density at radius 3 is 3.00 bits per heavy atom. The maximum Gasteiger partial charge on any atom is 0.252 e. The molecule has 9 heteroatoms. The molecule has 2 N–H and O–H groups in total. The first-order valence-corrected chi connectivity index (χ1v) is 10.8. The van der Waals surface area contributed by atoms with Gasteiger partial charge in [0.2, 0.25) is 5.88 Å². The zero-order valence-electron chi connectivity index (χ0n) is 18.3. The van der Waals surface area contributed by atoms with Crippen LogP contribution in [0.25, 0.3) is 33.4 Å². The minimum atomic E-state index is 0.370. The molecule has 164 valence electrons. The van der Waals surface area contributed by atoms with Gasteiger partial charge in [-0.15, -0.1) is 0 Å². The first-order chi connectivity index (χ1) is 16.2. The number of anilines is 1. The summed E-state index contributed by atoms with van der Waals surface area (Å²) in [6, 6.07) is 10.00. The standard InChI is InChI=1S/C24H22N8O/c1-14-6-7-18-17(13-28-31-18)20(14)16-11-15-12-27-24(29-19-5-3-8-26-23(19)33-2)30-21(15)32-10-4-9-25-22(16)32/h3,5-8,11-13,25H,4,9-10H2,1-2H3,(H,28,31). The van der Waals surface area contributed by atoms with Gasteiger partial charge in [0, 0.05) is 42.0 Å². The monoisotopic (exact) mass is 438 g/mol. The van der Waals surface area contributed by atoms with Crippen molar-refractivity contribution in [2.24, 2.45) is 4.99 Å². The van der Waals surface area contributed by atoms with Crippen LogP contribution in [0.2, 0.25) is 0 Å². The predicted molar refractivity (Wildman–Crippen MR) is 126 cm³/mol. The SMILES string of the molecule is COc1ncccc1N=c1ncc2cc(-c3c(C)ccc4[nH]ncc34)c3n(c-2n1)CCCN3. The van der Waals surface area contributed by atoms with E-state index in [-0.39, 0.29) is 0 Å². The summed E-state index contributed by atoms with van der Waals surface area (Å²) in [4.78, 5) is 18.1. The van der Waals surface area contributed by atoms with Gasteiger partial charge in [0.25, 0.3) is 5.62 Å². The van der Waals surface area contributed by atoms with Crippen LogP contribution in [0.15, 0.2) is 53.9 Å². The zero-order chi connectivity index (χ0) is 22.4. The number of hydrogen-bond acceptors (Lipinski definition) is 7. The van der Waals surface area contributed by atoms with Crippen LogP contribution in [-0.4, -0.2) is 43.4 Å².